The Morgan fingerprint density at radius 1 is 1.55 bits per heavy atom. The van der Waals surface area contributed by atoms with E-state index in [0.29, 0.717) is 21.5 Å². The Bertz CT molecular complexity index is 818. The maximum Gasteiger partial charge on any atom is 0.254 e. The van der Waals surface area contributed by atoms with E-state index in [1.54, 1.807) is 6.20 Å². The molecule has 22 heavy (non-hydrogen) atoms. The zero-order valence-corrected chi connectivity index (χ0v) is 13.7. The summed E-state index contributed by atoms with van der Waals surface area (Å²) in [5.74, 6) is 0.566. The minimum Gasteiger partial charge on any atom is -0.348 e. The van der Waals surface area contributed by atoms with Crippen molar-refractivity contribution in [3.05, 3.63) is 44.1 Å². The lowest BCUT2D eigenvalue weighted by Crippen LogP contribution is -2.15. The van der Waals surface area contributed by atoms with Gasteiger partial charge in [-0.1, -0.05) is 23.4 Å². The van der Waals surface area contributed by atoms with Crippen molar-refractivity contribution < 1.29 is 0 Å². The Morgan fingerprint density at radius 3 is 3.09 bits per heavy atom. The molecule has 2 aromatic heterocycles. The third kappa shape index (κ3) is 2.67. The Morgan fingerprint density at radius 2 is 2.36 bits per heavy atom. The van der Waals surface area contributed by atoms with E-state index in [-0.39, 0.29) is 5.56 Å². The molecule has 0 fully saturated rings. The van der Waals surface area contributed by atoms with Crippen LogP contribution in [0.3, 0.4) is 0 Å². The Labute approximate surface area is 137 Å². The molecular weight excluding hydrogens is 320 g/mol. The van der Waals surface area contributed by atoms with Crippen LogP contribution in [-0.4, -0.2) is 14.5 Å². The first-order chi connectivity index (χ1) is 10.6. The highest BCUT2D eigenvalue weighted by molar-refractivity contribution is 7.98. The molecule has 7 heteroatoms. The largest absolute Gasteiger partial charge is 0.348 e. The molecule has 2 heterocycles. The fraction of sp³-hybridized carbons (Fsp3) is 0.400. The Kier molecular flexibility index (Phi) is 4.27. The van der Waals surface area contributed by atoms with Gasteiger partial charge in [0.1, 0.15) is 6.07 Å². The van der Waals surface area contributed by atoms with Crippen molar-refractivity contribution in [3.8, 4) is 6.07 Å². The van der Waals surface area contributed by atoms with Gasteiger partial charge in [-0.3, -0.25) is 4.79 Å². The summed E-state index contributed by atoms with van der Waals surface area (Å²) in [4.78, 5) is 19.4. The van der Waals surface area contributed by atoms with Gasteiger partial charge < -0.3 is 9.55 Å². The second kappa shape index (κ2) is 6.19. The lowest BCUT2D eigenvalue weighted by Gasteiger charge is -2.07. The highest BCUT2D eigenvalue weighted by atomic mass is 35.5. The van der Waals surface area contributed by atoms with Gasteiger partial charge in [0.15, 0.2) is 5.16 Å². The number of hydrogen-bond donors (Lipinski definition) is 1. The molecule has 0 aromatic carbocycles. The number of hydrogen-bond acceptors (Lipinski definition) is 4. The van der Waals surface area contributed by atoms with Gasteiger partial charge in [-0.05, 0) is 26.2 Å². The van der Waals surface area contributed by atoms with Crippen molar-refractivity contribution in [3.63, 3.8) is 0 Å². The van der Waals surface area contributed by atoms with Gasteiger partial charge in [-0.2, -0.15) is 5.26 Å². The average molecular weight is 335 g/mol. The van der Waals surface area contributed by atoms with E-state index in [0.717, 1.165) is 42.8 Å². The molecule has 5 nitrogen and oxygen atoms in total. The number of aromatic amines is 1. The van der Waals surface area contributed by atoms with Crippen LogP contribution in [-0.2, 0) is 25.1 Å². The van der Waals surface area contributed by atoms with Crippen LogP contribution < -0.4 is 5.56 Å². The van der Waals surface area contributed by atoms with Crippen LogP contribution in [0.1, 0.15) is 35.9 Å². The number of nitrogens with zero attached hydrogens (tertiary/aromatic N) is 3. The van der Waals surface area contributed by atoms with E-state index < -0.39 is 0 Å². The molecule has 0 atom stereocenters. The minimum absolute atomic E-state index is 0.0281. The van der Waals surface area contributed by atoms with Crippen molar-refractivity contribution >= 4 is 23.4 Å². The Balaban J connectivity index is 1.85. The molecule has 0 aliphatic heterocycles. The first kappa shape index (κ1) is 15.2. The molecular formula is C15H15ClN4OS. The number of H-pyrrole nitrogens is 1. The van der Waals surface area contributed by atoms with E-state index >= 15 is 0 Å². The van der Waals surface area contributed by atoms with Gasteiger partial charge in [0.05, 0.1) is 16.3 Å². The van der Waals surface area contributed by atoms with Crippen molar-refractivity contribution in [2.75, 3.05) is 0 Å². The topological polar surface area (TPSA) is 74.5 Å². The lowest BCUT2D eigenvalue weighted by atomic mass is 10.3. The first-order valence-electron chi connectivity index (χ1n) is 7.16. The van der Waals surface area contributed by atoms with E-state index in [4.69, 9.17) is 16.9 Å². The van der Waals surface area contributed by atoms with Gasteiger partial charge in [0.2, 0.25) is 0 Å². The van der Waals surface area contributed by atoms with E-state index in [9.17, 15) is 4.79 Å². The van der Waals surface area contributed by atoms with E-state index in [1.165, 1.54) is 11.8 Å². The predicted octanol–water partition coefficient (Wildman–Crippen LogP) is 2.90. The smallest absolute Gasteiger partial charge is 0.254 e. The molecule has 1 aliphatic carbocycles. The number of nitriles is 1. The molecule has 2 aromatic rings. The van der Waals surface area contributed by atoms with Crippen LogP contribution in [0.25, 0.3) is 0 Å². The standard InChI is InChI=1S/C15H15ClN4OS/c1-2-20-7-9(6-17)13(16)12(20)8-22-15-18-11-5-3-4-10(11)14(21)19-15/h7H,2-5,8H2,1H3,(H,18,19,21). The monoisotopic (exact) mass is 334 g/mol. The van der Waals surface area contributed by atoms with Crippen molar-refractivity contribution in [1.29, 1.82) is 5.26 Å². The van der Waals surface area contributed by atoms with E-state index in [1.807, 2.05) is 11.5 Å². The Hall–Kier alpha value is -1.71. The molecule has 3 rings (SSSR count). The summed E-state index contributed by atoms with van der Waals surface area (Å²) < 4.78 is 1.96. The van der Waals surface area contributed by atoms with Crippen LogP contribution in [0, 0.1) is 11.3 Å². The quantitative estimate of drug-likeness (QED) is 0.689. The molecule has 1 aliphatic rings. The van der Waals surface area contributed by atoms with Gasteiger partial charge in [0, 0.05) is 29.8 Å². The maximum atomic E-state index is 12.0. The first-order valence-corrected chi connectivity index (χ1v) is 8.52. The molecule has 0 amide bonds. The number of rotatable bonds is 4. The lowest BCUT2D eigenvalue weighted by molar-refractivity contribution is 0.738. The van der Waals surface area contributed by atoms with Crippen LogP contribution in [0.15, 0.2) is 16.1 Å². The number of aryl methyl sites for hydroxylation is 2. The third-order valence-corrected chi connectivity index (χ3v) is 5.15. The van der Waals surface area contributed by atoms with Crippen LogP contribution in [0.5, 0.6) is 0 Å². The third-order valence-electron chi connectivity index (χ3n) is 3.85. The summed E-state index contributed by atoms with van der Waals surface area (Å²) in [6.07, 6.45) is 4.45. The molecule has 0 spiro atoms. The summed E-state index contributed by atoms with van der Waals surface area (Å²) in [5, 5.41) is 10.2. The summed E-state index contributed by atoms with van der Waals surface area (Å²) in [7, 11) is 0. The number of fused-ring (bicyclic) bond motifs is 1. The normalized spacial score (nSPS) is 13.1. The molecule has 0 bridgehead atoms. The molecule has 0 saturated carbocycles. The molecule has 0 saturated heterocycles. The molecule has 114 valence electrons. The summed E-state index contributed by atoms with van der Waals surface area (Å²) in [6, 6.07) is 2.10. The summed E-state index contributed by atoms with van der Waals surface area (Å²) in [5.41, 5.74) is 3.08. The van der Waals surface area contributed by atoms with Gasteiger partial charge in [-0.25, -0.2) is 4.98 Å². The zero-order chi connectivity index (χ0) is 15.7. The number of aromatic nitrogens is 3. The van der Waals surface area contributed by atoms with Crippen molar-refractivity contribution in [2.45, 2.75) is 43.6 Å². The minimum atomic E-state index is -0.0281. The second-order valence-electron chi connectivity index (χ2n) is 5.14. The predicted molar refractivity (Wildman–Crippen MR) is 86.3 cm³/mol. The zero-order valence-electron chi connectivity index (χ0n) is 12.1. The maximum absolute atomic E-state index is 12.0. The van der Waals surface area contributed by atoms with Gasteiger partial charge in [-0.15, -0.1) is 0 Å². The number of nitrogens with one attached hydrogen (secondary N) is 1. The van der Waals surface area contributed by atoms with Crippen LogP contribution in [0.4, 0.5) is 0 Å². The fourth-order valence-corrected chi connectivity index (χ4v) is 3.97. The SMILES string of the molecule is CCn1cc(C#N)c(Cl)c1CSc1nc2c(c(=O)[nH]1)CCC2. The van der Waals surface area contributed by atoms with E-state index in [2.05, 4.69) is 16.0 Å². The highest BCUT2D eigenvalue weighted by Crippen LogP contribution is 2.29. The molecule has 0 unspecified atom stereocenters. The summed E-state index contributed by atoms with van der Waals surface area (Å²) in [6.45, 7) is 2.74. The number of halogens is 1. The molecule has 0 radical (unpaired) electrons. The van der Waals surface area contributed by atoms with Crippen molar-refractivity contribution in [2.24, 2.45) is 0 Å². The number of thioether (sulfide) groups is 1. The van der Waals surface area contributed by atoms with Gasteiger partial charge in [0.25, 0.3) is 5.56 Å². The van der Waals surface area contributed by atoms with Crippen LogP contribution in [0.2, 0.25) is 5.02 Å². The fourth-order valence-electron chi connectivity index (χ4n) is 2.70. The van der Waals surface area contributed by atoms with Crippen LogP contribution >= 0.6 is 23.4 Å². The second-order valence-corrected chi connectivity index (χ2v) is 6.48. The summed E-state index contributed by atoms with van der Waals surface area (Å²) >= 11 is 7.69. The van der Waals surface area contributed by atoms with Crippen molar-refractivity contribution in [1.82, 2.24) is 14.5 Å². The van der Waals surface area contributed by atoms with Gasteiger partial charge >= 0.3 is 0 Å². The highest BCUT2D eigenvalue weighted by Gasteiger charge is 2.18. The average Bonchev–Trinajstić information content (AvgIpc) is 3.10. The molecule has 1 N–H and O–H groups in total.